The average Bonchev–Trinajstić information content (AvgIpc) is 2.92. The number of nitrogens with one attached hydrogen (secondary N) is 1. The fourth-order valence-electron chi connectivity index (χ4n) is 8.63. The van der Waals surface area contributed by atoms with Crippen molar-refractivity contribution in [3.63, 3.8) is 0 Å². The number of ketones is 1. The molecule has 0 spiro atoms. The van der Waals surface area contributed by atoms with Gasteiger partial charge in [-0.05, 0) is 43.5 Å². The van der Waals surface area contributed by atoms with Gasteiger partial charge in [0.25, 0.3) is 0 Å². The predicted molar refractivity (Wildman–Crippen MR) is 147 cm³/mol. The molecule has 2 saturated carbocycles. The molecule has 12 heteroatoms. The molecule has 6 N–H and O–H groups in total. The van der Waals surface area contributed by atoms with E-state index in [0.29, 0.717) is 11.1 Å². The van der Waals surface area contributed by atoms with Crippen LogP contribution in [-0.2, 0) is 19.1 Å². The van der Waals surface area contributed by atoms with Crippen molar-refractivity contribution in [1.29, 1.82) is 0 Å². The second kappa shape index (κ2) is 13.3. The first kappa shape index (κ1) is 38.2. The molecule has 5 rings (SSSR count). The molecule has 1 aliphatic heterocycles. The zero-order valence-corrected chi connectivity index (χ0v) is 35.1. The number of carbonyl (C=O) groups excluding carboxylic acids is 2. The van der Waals surface area contributed by atoms with E-state index in [9.17, 15) is 35.1 Å². The Labute approximate surface area is 324 Å². The van der Waals surface area contributed by atoms with Gasteiger partial charge in [0.2, 0.25) is 0 Å². The van der Waals surface area contributed by atoms with Gasteiger partial charge in [-0.1, -0.05) is 51.1 Å². The van der Waals surface area contributed by atoms with Crippen molar-refractivity contribution in [2.75, 3.05) is 13.7 Å². The van der Waals surface area contributed by atoms with Crippen molar-refractivity contribution < 1.29 is 133 Å². The maximum Gasteiger partial charge on any atom is 0.337 e. The summed E-state index contributed by atoms with van der Waals surface area (Å²) in [6, 6.07) is 8.20. The molecule has 10 nitrogen and oxygen atoms in total. The summed E-state index contributed by atoms with van der Waals surface area (Å²) in [5.41, 5.74) is -4.64. The molecule has 43 heavy (non-hydrogen) atoms. The summed E-state index contributed by atoms with van der Waals surface area (Å²) in [6.07, 6.45) is -6.37. The molecule has 3 fully saturated rings. The van der Waals surface area contributed by atoms with Crippen LogP contribution < -0.4 is 5.32 Å². The standard InChI is InChI=1S/C31H43NO9.2Ac/c1-15-18(41-27(37)24(35)22(32-6)17-10-8-7-9-11-17)13-31(39)16(2)25-29(5,19(33)12-20-30(25,38)14-40-20)26(36)23(34)21(15)28(31,3)4;;/h7-11,16,18-20,22-25,32-35,38-39H,12-14H2,1-6H3;;. The van der Waals surface area contributed by atoms with E-state index in [2.05, 4.69) is 5.32 Å². The summed E-state index contributed by atoms with van der Waals surface area (Å²) in [4.78, 5) is 27.5. The number of benzene rings is 1. The van der Waals surface area contributed by atoms with E-state index in [1.165, 1.54) is 0 Å². The van der Waals surface area contributed by atoms with Crippen molar-refractivity contribution in [1.82, 2.24) is 5.32 Å². The van der Waals surface area contributed by atoms with E-state index < -0.39 is 82.2 Å². The molecule has 2 radical (unpaired) electrons. The first-order valence-corrected chi connectivity index (χ1v) is 14.4. The van der Waals surface area contributed by atoms with Crippen LogP contribution in [0.3, 0.4) is 0 Å². The summed E-state index contributed by atoms with van der Waals surface area (Å²) in [6.45, 7) is 8.35. The molecule has 1 heterocycles. The predicted octanol–water partition coefficient (Wildman–Crippen LogP) is 0.794. The maximum absolute atomic E-state index is 14.2. The van der Waals surface area contributed by atoms with Crippen LogP contribution >= 0.6 is 0 Å². The second-order valence-electron chi connectivity index (χ2n) is 13.3. The first-order chi connectivity index (χ1) is 19.1. The van der Waals surface area contributed by atoms with Crippen LogP contribution in [0.4, 0.5) is 0 Å². The van der Waals surface area contributed by atoms with E-state index in [1.807, 2.05) is 6.07 Å². The number of hydrogen-bond acceptors (Lipinski definition) is 10. The van der Waals surface area contributed by atoms with Gasteiger partial charge in [-0.3, -0.25) is 4.79 Å². The molecule has 2 bridgehead atoms. The molecule has 1 aromatic carbocycles. The number of hydrogen-bond donors (Lipinski definition) is 6. The summed E-state index contributed by atoms with van der Waals surface area (Å²) in [7, 11) is 1.62. The molecule has 232 valence electrons. The van der Waals surface area contributed by atoms with Gasteiger partial charge in [-0.25, -0.2) is 4.79 Å². The largest absolute Gasteiger partial charge is 0.456 e. The molecule has 11 atom stereocenters. The van der Waals surface area contributed by atoms with Gasteiger partial charge in [0.1, 0.15) is 17.8 Å². The number of aliphatic hydroxyl groups is 5. The smallest absolute Gasteiger partial charge is 0.337 e. The number of aliphatic hydroxyl groups excluding tert-OH is 3. The Bertz CT molecular complexity index is 1260. The summed E-state index contributed by atoms with van der Waals surface area (Å²) in [5, 5.41) is 61.3. The van der Waals surface area contributed by atoms with Gasteiger partial charge in [0, 0.05) is 112 Å². The molecule has 0 aromatic heterocycles. The van der Waals surface area contributed by atoms with Gasteiger partial charge in [0.15, 0.2) is 11.9 Å². The first-order valence-electron chi connectivity index (χ1n) is 14.4. The monoisotopic (exact) mass is 1030 g/mol. The van der Waals surface area contributed by atoms with Crippen LogP contribution in [0.1, 0.15) is 59.1 Å². The molecule has 1 saturated heterocycles. The molecule has 1 aromatic rings. The number of carbonyl (C=O) groups is 2. The number of likely N-dealkylation sites (N-methyl/N-ethyl adjacent to an activating group) is 1. The normalized spacial score (nSPS) is 41.0. The second-order valence-corrected chi connectivity index (χ2v) is 13.3. The van der Waals surface area contributed by atoms with E-state index in [4.69, 9.17) is 9.47 Å². The fraction of sp³-hybridized carbons (Fsp3) is 0.677. The van der Waals surface area contributed by atoms with E-state index in [1.54, 1.807) is 65.9 Å². The molecule has 3 aliphatic carbocycles. The van der Waals surface area contributed by atoms with Gasteiger partial charge in [-0.2, -0.15) is 0 Å². The van der Waals surface area contributed by atoms with E-state index in [0.717, 1.165) is 0 Å². The van der Waals surface area contributed by atoms with Gasteiger partial charge in [0.05, 0.1) is 35.9 Å². The SMILES string of the molecule is CNC(c1ccccc1)C(O)C(=O)OC1CC2(O)C(C)C3C4(O)COC4CC(O)C3(C)C(=O)C(O)C(=C1C)C2(C)C.[Ac].[Ac]. The molecular formula is C31H43Ac2NO9. The van der Waals surface area contributed by atoms with Crippen molar-refractivity contribution in [3.05, 3.63) is 47.0 Å². The zero-order chi connectivity index (χ0) is 30.3. The number of esters is 1. The zero-order valence-electron chi connectivity index (χ0n) is 25.7. The molecule has 11 unspecified atom stereocenters. The van der Waals surface area contributed by atoms with Crippen molar-refractivity contribution >= 4 is 11.8 Å². The fourth-order valence-corrected chi connectivity index (χ4v) is 8.63. The summed E-state index contributed by atoms with van der Waals surface area (Å²) < 4.78 is 11.4. The number of fused-ring (bicyclic) bond motifs is 5. The Hall–Kier alpha value is 0.703. The van der Waals surface area contributed by atoms with Gasteiger partial charge in [-0.15, -0.1) is 0 Å². The van der Waals surface area contributed by atoms with Crippen molar-refractivity contribution in [2.45, 2.75) is 95.2 Å². The quantitative estimate of drug-likeness (QED) is 0.184. The number of rotatable bonds is 5. The van der Waals surface area contributed by atoms with Gasteiger partial charge >= 0.3 is 5.97 Å². The number of ether oxygens (including phenoxy) is 2. The maximum atomic E-state index is 14.2. The Balaban J connectivity index is 0.00000253. The summed E-state index contributed by atoms with van der Waals surface area (Å²) in [5.74, 6) is -3.34. The molecular weight excluding hydrogens is 984 g/mol. The molecule has 0 amide bonds. The Kier molecular flexibility index (Phi) is 11.8. The molecule has 4 aliphatic rings. The van der Waals surface area contributed by atoms with Crippen LogP contribution in [0.2, 0.25) is 0 Å². The minimum absolute atomic E-state index is 0. The van der Waals surface area contributed by atoms with Crippen LogP contribution in [-0.4, -0.2) is 92.7 Å². The summed E-state index contributed by atoms with van der Waals surface area (Å²) >= 11 is 0. The average molecular weight is 1030 g/mol. The van der Waals surface area contributed by atoms with Gasteiger partial charge < -0.3 is 40.3 Å². The Morgan fingerprint density at radius 2 is 1.72 bits per heavy atom. The Morgan fingerprint density at radius 1 is 1.12 bits per heavy atom. The third-order valence-corrected chi connectivity index (χ3v) is 11.1. The topological polar surface area (TPSA) is 166 Å². The van der Waals surface area contributed by atoms with E-state index in [-0.39, 0.29) is 113 Å². The van der Waals surface area contributed by atoms with Crippen LogP contribution in [0.25, 0.3) is 0 Å². The van der Waals surface area contributed by atoms with Crippen LogP contribution in [0, 0.1) is 111 Å². The van der Waals surface area contributed by atoms with Crippen molar-refractivity contribution in [3.8, 4) is 0 Å². The Morgan fingerprint density at radius 3 is 2.26 bits per heavy atom. The third kappa shape index (κ3) is 5.57. The third-order valence-electron chi connectivity index (χ3n) is 11.1. The van der Waals surface area contributed by atoms with E-state index >= 15 is 0 Å². The minimum atomic E-state index is -1.73. The van der Waals surface area contributed by atoms with Crippen LogP contribution in [0.5, 0.6) is 0 Å². The van der Waals surface area contributed by atoms with Crippen molar-refractivity contribution in [2.24, 2.45) is 22.7 Å². The van der Waals surface area contributed by atoms with Crippen LogP contribution in [0.15, 0.2) is 41.5 Å². The number of Topliss-reactive ketones (excluding diaryl/α,β-unsaturated/α-hetero) is 1. The minimum Gasteiger partial charge on any atom is -0.456 e.